The number of hydrogen-bond acceptors (Lipinski definition) is 4. The minimum Gasteiger partial charge on any atom is -0.484 e. The van der Waals surface area contributed by atoms with Crippen LogP contribution in [0.25, 0.3) is 0 Å². The smallest absolute Gasteiger partial charge is 0.262 e. The van der Waals surface area contributed by atoms with Crippen LogP contribution in [0.5, 0.6) is 5.75 Å². The van der Waals surface area contributed by atoms with Crippen LogP contribution in [-0.4, -0.2) is 18.4 Å². The summed E-state index contributed by atoms with van der Waals surface area (Å²) in [6.45, 7) is 3.85. The molecule has 3 N–H and O–H groups in total. The minimum absolute atomic E-state index is 0.107. The van der Waals surface area contributed by atoms with E-state index in [0.29, 0.717) is 16.3 Å². The van der Waals surface area contributed by atoms with Crippen molar-refractivity contribution in [3.8, 4) is 5.75 Å². The van der Waals surface area contributed by atoms with Crippen molar-refractivity contribution < 1.29 is 14.3 Å². The monoisotopic (exact) mass is 344 g/mol. The fourth-order valence-corrected chi connectivity index (χ4v) is 4.39. The number of benzene rings is 1. The van der Waals surface area contributed by atoms with Crippen molar-refractivity contribution in [3.05, 3.63) is 45.3 Å². The number of nitrogens with two attached hydrogens (primary N) is 1. The third-order valence-electron chi connectivity index (χ3n) is 3.99. The first kappa shape index (κ1) is 16.5. The van der Waals surface area contributed by atoms with Crippen LogP contribution in [0.15, 0.2) is 18.2 Å². The first-order valence-corrected chi connectivity index (χ1v) is 8.71. The average molecular weight is 344 g/mol. The van der Waals surface area contributed by atoms with Crippen LogP contribution in [-0.2, 0) is 17.6 Å². The lowest BCUT2D eigenvalue weighted by Crippen LogP contribution is -2.22. The largest absolute Gasteiger partial charge is 0.484 e. The number of carbonyl (C=O) groups excluding carboxylic acids is 2. The second kappa shape index (κ2) is 6.65. The number of primary amides is 1. The van der Waals surface area contributed by atoms with Gasteiger partial charge < -0.3 is 15.8 Å². The molecular formula is C18H20N2O3S. The summed E-state index contributed by atoms with van der Waals surface area (Å²) < 4.78 is 5.56. The average Bonchev–Trinajstić information content (AvgIpc) is 3.04. The van der Waals surface area contributed by atoms with Crippen LogP contribution in [0.2, 0.25) is 0 Å². The number of thiophene rings is 1. The lowest BCUT2D eigenvalue weighted by molar-refractivity contribution is -0.118. The molecule has 5 nitrogen and oxygen atoms in total. The van der Waals surface area contributed by atoms with E-state index in [1.807, 2.05) is 32.0 Å². The fraction of sp³-hybridized carbons (Fsp3) is 0.333. The molecule has 0 aliphatic heterocycles. The summed E-state index contributed by atoms with van der Waals surface area (Å²) in [7, 11) is 0. The van der Waals surface area contributed by atoms with Crippen LogP contribution in [0.3, 0.4) is 0 Å². The van der Waals surface area contributed by atoms with Gasteiger partial charge in [-0.05, 0) is 61.9 Å². The quantitative estimate of drug-likeness (QED) is 0.875. The standard InChI is InChI=1S/C18H20N2O3S/c1-10-6-11(2)8-12(7-10)23-9-15(21)20-18-16(17(19)22)13-4-3-5-14(13)24-18/h6-8H,3-5,9H2,1-2H3,(H2,19,22)(H,20,21). The van der Waals surface area contributed by atoms with Crippen molar-refractivity contribution in [2.75, 3.05) is 11.9 Å². The molecular weight excluding hydrogens is 324 g/mol. The molecule has 1 aliphatic carbocycles. The fourth-order valence-electron chi connectivity index (χ4n) is 3.08. The number of fused-ring (bicyclic) bond motifs is 1. The van der Waals surface area contributed by atoms with Gasteiger partial charge in [-0.1, -0.05) is 6.07 Å². The predicted octanol–water partition coefficient (Wildman–Crippen LogP) is 2.97. The number of ether oxygens (including phenoxy) is 1. The van der Waals surface area contributed by atoms with Gasteiger partial charge in [-0.3, -0.25) is 9.59 Å². The molecule has 6 heteroatoms. The highest BCUT2D eigenvalue weighted by atomic mass is 32.1. The number of anilines is 1. The lowest BCUT2D eigenvalue weighted by atomic mass is 10.1. The minimum atomic E-state index is -0.486. The van der Waals surface area contributed by atoms with Gasteiger partial charge in [0.05, 0.1) is 5.56 Å². The highest BCUT2D eigenvalue weighted by molar-refractivity contribution is 7.17. The molecule has 1 aromatic carbocycles. The van der Waals surface area contributed by atoms with Gasteiger partial charge in [0.2, 0.25) is 0 Å². The zero-order valence-corrected chi connectivity index (χ0v) is 14.6. The maximum absolute atomic E-state index is 12.2. The summed E-state index contributed by atoms with van der Waals surface area (Å²) in [5.74, 6) is -0.122. The summed E-state index contributed by atoms with van der Waals surface area (Å²) in [6, 6.07) is 5.81. The first-order valence-electron chi connectivity index (χ1n) is 7.89. The van der Waals surface area contributed by atoms with Gasteiger partial charge in [0, 0.05) is 4.88 Å². The van der Waals surface area contributed by atoms with E-state index in [-0.39, 0.29) is 12.5 Å². The Labute approximate surface area is 144 Å². The second-order valence-electron chi connectivity index (χ2n) is 6.09. The number of carbonyl (C=O) groups is 2. The normalized spacial score (nSPS) is 12.8. The maximum Gasteiger partial charge on any atom is 0.262 e. The molecule has 2 amide bonds. The summed E-state index contributed by atoms with van der Waals surface area (Å²) >= 11 is 1.44. The Morgan fingerprint density at radius 1 is 1.21 bits per heavy atom. The van der Waals surface area contributed by atoms with Crippen LogP contribution in [0, 0.1) is 13.8 Å². The van der Waals surface area contributed by atoms with E-state index in [1.165, 1.54) is 11.3 Å². The molecule has 24 heavy (non-hydrogen) atoms. The molecule has 0 saturated carbocycles. The Kier molecular flexibility index (Phi) is 4.57. The first-order chi connectivity index (χ1) is 11.4. The Balaban J connectivity index is 1.68. The van der Waals surface area contributed by atoms with E-state index < -0.39 is 5.91 Å². The highest BCUT2D eigenvalue weighted by Gasteiger charge is 2.26. The third-order valence-corrected chi connectivity index (χ3v) is 5.19. The van der Waals surface area contributed by atoms with E-state index in [9.17, 15) is 9.59 Å². The number of amides is 2. The number of nitrogens with one attached hydrogen (secondary N) is 1. The van der Waals surface area contributed by atoms with Crippen LogP contribution in [0.1, 0.15) is 38.3 Å². The van der Waals surface area contributed by atoms with Crippen molar-refractivity contribution in [2.24, 2.45) is 5.73 Å². The molecule has 0 radical (unpaired) electrons. The second-order valence-corrected chi connectivity index (χ2v) is 7.19. The number of rotatable bonds is 5. The Morgan fingerprint density at radius 3 is 2.58 bits per heavy atom. The number of aryl methyl sites for hydroxylation is 3. The molecule has 0 atom stereocenters. The van der Waals surface area contributed by atoms with Crippen LogP contribution < -0.4 is 15.8 Å². The van der Waals surface area contributed by atoms with Crippen molar-refractivity contribution in [3.63, 3.8) is 0 Å². The molecule has 0 fully saturated rings. The third kappa shape index (κ3) is 3.43. The summed E-state index contributed by atoms with van der Waals surface area (Å²) in [6.07, 6.45) is 2.82. The van der Waals surface area contributed by atoms with E-state index in [1.54, 1.807) is 0 Å². The van der Waals surface area contributed by atoms with Gasteiger partial charge in [0.25, 0.3) is 11.8 Å². The molecule has 0 saturated heterocycles. The molecule has 1 aromatic heterocycles. The van der Waals surface area contributed by atoms with Gasteiger partial charge in [-0.25, -0.2) is 0 Å². The summed E-state index contributed by atoms with van der Waals surface area (Å²) in [5, 5.41) is 3.32. The SMILES string of the molecule is Cc1cc(C)cc(OCC(=O)Nc2sc3c(c2C(N)=O)CCC3)c1. The van der Waals surface area contributed by atoms with E-state index in [0.717, 1.165) is 40.8 Å². The molecule has 2 aromatic rings. The number of hydrogen-bond donors (Lipinski definition) is 2. The zero-order chi connectivity index (χ0) is 17.3. The van der Waals surface area contributed by atoms with Crippen molar-refractivity contribution in [1.82, 2.24) is 0 Å². The summed E-state index contributed by atoms with van der Waals surface area (Å²) in [5.41, 5.74) is 9.11. The Hall–Kier alpha value is -2.34. The Morgan fingerprint density at radius 2 is 1.92 bits per heavy atom. The molecule has 1 heterocycles. The van der Waals surface area contributed by atoms with Crippen molar-refractivity contribution in [1.29, 1.82) is 0 Å². The molecule has 1 aliphatic rings. The summed E-state index contributed by atoms with van der Waals surface area (Å²) in [4.78, 5) is 25.0. The molecule has 0 bridgehead atoms. The molecule has 0 unspecified atom stereocenters. The predicted molar refractivity (Wildman–Crippen MR) is 94.9 cm³/mol. The van der Waals surface area contributed by atoms with Gasteiger partial charge >= 0.3 is 0 Å². The van der Waals surface area contributed by atoms with Crippen LogP contribution >= 0.6 is 11.3 Å². The maximum atomic E-state index is 12.2. The molecule has 3 rings (SSSR count). The van der Waals surface area contributed by atoms with Gasteiger partial charge in [-0.15, -0.1) is 11.3 Å². The zero-order valence-electron chi connectivity index (χ0n) is 13.8. The van der Waals surface area contributed by atoms with E-state index in [2.05, 4.69) is 5.32 Å². The van der Waals surface area contributed by atoms with Crippen molar-refractivity contribution in [2.45, 2.75) is 33.1 Å². The highest BCUT2D eigenvalue weighted by Crippen LogP contribution is 2.38. The van der Waals surface area contributed by atoms with Gasteiger partial charge in [-0.2, -0.15) is 0 Å². The van der Waals surface area contributed by atoms with Gasteiger partial charge in [0.15, 0.2) is 6.61 Å². The van der Waals surface area contributed by atoms with Crippen molar-refractivity contribution >= 4 is 28.2 Å². The van der Waals surface area contributed by atoms with E-state index in [4.69, 9.17) is 10.5 Å². The van der Waals surface area contributed by atoms with E-state index >= 15 is 0 Å². The molecule has 0 spiro atoms. The van der Waals surface area contributed by atoms with Gasteiger partial charge in [0.1, 0.15) is 10.8 Å². The lowest BCUT2D eigenvalue weighted by Gasteiger charge is -2.09. The molecule has 126 valence electrons. The van der Waals surface area contributed by atoms with Crippen LogP contribution in [0.4, 0.5) is 5.00 Å². The Bertz CT molecular complexity index is 791. The topological polar surface area (TPSA) is 81.4 Å².